The van der Waals surface area contributed by atoms with Crippen LogP contribution in [0.4, 0.5) is 0 Å². The van der Waals surface area contributed by atoms with Crippen LogP contribution in [0.25, 0.3) is 0 Å². The Labute approximate surface area is 108 Å². The lowest BCUT2D eigenvalue weighted by atomic mass is 9.94. The van der Waals surface area contributed by atoms with Crippen LogP contribution >= 0.6 is 0 Å². The molecule has 0 spiro atoms. The quantitative estimate of drug-likeness (QED) is 0.893. The second-order valence-corrected chi connectivity index (χ2v) is 4.96. The van der Waals surface area contributed by atoms with E-state index in [1.807, 2.05) is 11.8 Å². The van der Waals surface area contributed by atoms with Crippen molar-refractivity contribution in [1.29, 1.82) is 0 Å². The molecule has 1 aliphatic carbocycles. The van der Waals surface area contributed by atoms with Crippen LogP contribution < -0.4 is 0 Å². The van der Waals surface area contributed by atoms with Gasteiger partial charge in [0.15, 0.2) is 0 Å². The summed E-state index contributed by atoms with van der Waals surface area (Å²) in [6.45, 7) is 2.25. The molecular formula is C14H21NO3. The molecular weight excluding hydrogens is 230 g/mol. The van der Waals surface area contributed by atoms with E-state index in [-0.39, 0.29) is 18.6 Å². The number of rotatable bonds is 4. The van der Waals surface area contributed by atoms with Gasteiger partial charge in [0.2, 0.25) is 0 Å². The highest BCUT2D eigenvalue weighted by molar-refractivity contribution is 5.94. The minimum atomic E-state index is -0.0206. The topological polar surface area (TPSA) is 53.7 Å². The number of aryl methyl sites for hydroxylation is 1. The molecule has 18 heavy (non-hydrogen) atoms. The SMILES string of the molecule is Cc1cc(C(=O)N(CCO)C2CCCCC2)co1. The maximum Gasteiger partial charge on any atom is 0.257 e. The maximum atomic E-state index is 12.4. The summed E-state index contributed by atoms with van der Waals surface area (Å²) < 4.78 is 5.19. The van der Waals surface area contributed by atoms with Crippen LogP contribution in [-0.4, -0.2) is 35.1 Å². The number of hydrogen-bond donors (Lipinski definition) is 1. The molecule has 2 rings (SSSR count). The summed E-state index contributed by atoms with van der Waals surface area (Å²) in [5.41, 5.74) is 0.589. The number of carbonyl (C=O) groups excluding carboxylic acids is 1. The average molecular weight is 251 g/mol. The van der Waals surface area contributed by atoms with Gasteiger partial charge in [-0.1, -0.05) is 19.3 Å². The molecule has 0 radical (unpaired) electrons. The summed E-state index contributed by atoms with van der Waals surface area (Å²) >= 11 is 0. The zero-order chi connectivity index (χ0) is 13.0. The monoisotopic (exact) mass is 251 g/mol. The highest BCUT2D eigenvalue weighted by atomic mass is 16.3. The van der Waals surface area contributed by atoms with Gasteiger partial charge in [0.1, 0.15) is 12.0 Å². The molecule has 1 saturated carbocycles. The summed E-state index contributed by atoms with van der Waals surface area (Å²) in [5, 5.41) is 9.15. The molecule has 1 heterocycles. The third kappa shape index (κ3) is 2.93. The van der Waals surface area contributed by atoms with Gasteiger partial charge in [-0.05, 0) is 25.8 Å². The van der Waals surface area contributed by atoms with Crippen LogP contribution in [0.2, 0.25) is 0 Å². The Balaban J connectivity index is 2.10. The van der Waals surface area contributed by atoms with Crippen LogP contribution in [0, 0.1) is 6.92 Å². The van der Waals surface area contributed by atoms with Gasteiger partial charge in [0.05, 0.1) is 12.2 Å². The van der Waals surface area contributed by atoms with Crippen molar-refractivity contribution in [2.75, 3.05) is 13.2 Å². The van der Waals surface area contributed by atoms with E-state index < -0.39 is 0 Å². The van der Waals surface area contributed by atoms with Crippen LogP contribution in [0.5, 0.6) is 0 Å². The Kier molecular flexibility index (Phi) is 4.42. The van der Waals surface area contributed by atoms with Crippen molar-refractivity contribution < 1.29 is 14.3 Å². The summed E-state index contributed by atoms with van der Waals surface area (Å²) in [6.07, 6.45) is 7.19. The number of furan rings is 1. The average Bonchev–Trinajstić information content (AvgIpc) is 2.83. The third-order valence-electron chi connectivity index (χ3n) is 3.59. The van der Waals surface area contributed by atoms with Gasteiger partial charge in [-0.2, -0.15) is 0 Å². The molecule has 0 aromatic carbocycles. The smallest absolute Gasteiger partial charge is 0.257 e. The molecule has 1 fully saturated rings. The fourth-order valence-electron chi connectivity index (χ4n) is 2.67. The van der Waals surface area contributed by atoms with E-state index >= 15 is 0 Å². The second kappa shape index (κ2) is 6.05. The molecule has 1 N–H and O–H groups in total. The number of hydrogen-bond acceptors (Lipinski definition) is 3. The Morgan fingerprint density at radius 1 is 1.44 bits per heavy atom. The van der Waals surface area contributed by atoms with Crippen LogP contribution in [-0.2, 0) is 0 Å². The first-order valence-corrected chi connectivity index (χ1v) is 6.69. The van der Waals surface area contributed by atoms with Gasteiger partial charge in [-0.15, -0.1) is 0 Å². The fourth-order valence-corrected chi connectivity index (χ4v) is 2.67. The predicted molar refractivity (Wildman–Crippen MR) is 68.4 cm³/mol. The first-order chi connectivity index (χ1) is 8.72. The summed E-state index contributed by atoms with van der Waals surface area (Å²) in [7, 11) is 0. The van der Waals surface area contributed by atoms with Crippen molar-refractivity contribution >= 4 is 5.91 Å². The molecule has 0 saturated heterocycles. The largest absolute Gasteiger partial charge is 0.469 e. The van der Waals surface area contributed by atoms with Crippen molar-refractivity contribution in [3.63, 3.8) is 0 Å². The van der Waals surface area contributed by atoms with E-state index in [1.165, 1.54) is 25.5 Å². The lowest BCUT2D eigenvalue weighted by Gasteiger charge is -2.33. The molecule has 1 aromatic rings. The van der Waals surface area contributed by atoms with Gasteiger partial charge in [-0.3, -0.25) is 4.79 Å². The van der Waals surface area contributed by atoms with Gasteiger partial charge in [-0.25, -0.2) is 0 Å². The summed E-state index contributed by atoms with van der Waals surface area (Å²) in [6, 6.07) is 2.03. The number of aliphatic hydroxyl groups is 1. The molecule has 0 aliphatic heterocycles. The molecule has 0 bridgehead atoms. The van der Waals surface area contributed by atoms with Crippen molar-refractivity contribution in [2.24, 2.45) is 0 Å². The van der Waals surface area contributed by atoms with E-state index in [0.29, 0.717) is 12.1 Å². The number of carbonyl (C=O) groups is 1. The van der Waals surface area contributed by atoms with E-state index in [4.69, 9.17) is 9.52 Å². The van der Waals surface area contributed by atoms with Crippen molar-refractivity contribution in [3.8, 4) is 0 Å². The van der Waals surface area contributed by atoms with Crippen molar-refractivity contribution in [1.82, 2.24) is 4.90 Å². The highest BCUT2D eigenvalue weighted by Gasteiger charge is 2.26. The molecule has 4 nitrogen and oxygen atoms in total. The Hall–Kier alpha value is -1.29. The van der Waals surface area contributed by atoms with E-state index in [1.54, 1.807) is 6.07 Å². The van der Waals surface area contributed by atoms with Gasteiger partial charge >= 0.3 is 0 Å². The first-order valence-electron chi connectivity index (χ1n) is 6.69. The van der Waals surface area contributed by atoms with Gasteiger partial charge in [0.25, 0.3) is 5.91 Å². The summed E-state index contributed by atoms with van der Waals surface area (Å²) in [5.74, 6) is 0.721. The molecule has 0 atom stereocenters. The number of amides is 1. The minimum absolute atomic E-state index is 0.0130. The lowest BCUT2D eigenvalue weighted by Crippen LogP contribution is -2.43. The number of aliphatic hydroxyl groups excluding tert-OH is 1. The maximum absolute atomic E-state index is 12.4. The molecule has 0 unspecified atom stereocenters. The molecule has 100 valence electrons. The normalized spacial score (nSPS) is 16.8. The molecule has 1 aromatic heterocycles. The minimum Gasteiger partial charge on any atom is -0.469 e. The van der Waals surface area contributed by atoms with Gasteiger partial charge in [0, 0.05) is 12.6 Å². The van der Waals surface area contributed by atoms with Crippen molar-refractivity contribution in [3.05, 3.63) is 23.7 Å². The van der Waals surface area contributed by atoms with Crippen molar-refractivity contribution in [2.45, 2.75) is 45.1 Å². The highest BCUT2D eigenvalue weighted by Crippen LogP contribution is 2.24. The second-order valence-electron chi connectivity index (χ2n) is 4.96. The predicted octanol–water partition coefficient (Wildman–Crippen LogP) is 2.36. The summed E-state index contributed by atoms with van der Waals surface area (Å²) in [4.78, 5) is 14.2. The molecule has 4 heteroatoms. The van der Waals surface area contributed by atoms with Gasteiger partial charge < -0.3 is 14.4 Å². The van der Waals surface area contributed by atoms with Crippen LogP contribution in [0.15, 0.2) is 16.7 Å². The Bertz CT molecular complexity index is 393. The zero-order valence-electron chi connectivity index (χ0n) is 10.9. The fraction of sp³-hybridized carbons (Fsp3) is 0.643. The standard InChI is InChI=1S/C14H21NO3/c1-11-9-12(10-18-11)14(17)15(7-8-16)13-5-3-2-4-6-13/h9-10,13,16H,2-8H2,1H3. The molecule has 1 amide bonds. The van der Waals surface area contributed by atoms with E-state index in [2.05, 4.69) is 0 Å². The van der Waals surface area contributed by atoms with Crippen LogP contribution in [0.3, 0.4) is 0 Å². The Morgan fingerprint density at radius 3 is 2.72 bits per heavy atom. The molecule has 1 aliphatic rings. The Morgan fingerprint density at radius 2 is 2.17 bits per heavy atom. The van der Waals surface area contributed by atoms with E-state index in [0.717, 1.165) is 18.6 Å². The third-order valence-corrected chi connectivity index (χ3v) is 3.59. The first kappa shape index (κ1) is 13.1. The number of nitrogens with zero attached hydrogens (tertiary/aromatic N) is 1. The van der Waals surface area contributed by atoms with E-state index in [9.17, 15) is 4.79 Å². The zero-order valence-corrected chi connectivity index (χ0v) is 10.9. The lowest BCUT2D eigenvalue weighted by molar-refractivity contribution is 0.0584. The van der Waals surface area contributed by atoms with Crippen LogP contribution in [0.1, 0.15) is 48.2 Å².